The summed E-state index contributed by atoms with van der Waals surface area (Å²) in [5, 5.41) is 16.5. The molecule has 0 aromatic heterocycles. The first kappa shape index (κ1) is 11.5. The average molecular weight is 192 g/mol. The zero-order valence-corrected chi connectivity index (χ0v) is 7.44. The fraction of sp³-hybridized carbons (Fsp3) is 0.714. The van der Waals surface area contributed by atoms with E-state index in [0.29, 0.717) is 6.42 Å². The quantitative estimate of drug-likeness (QED) is 0.656. The lowest BCUT2D eigenvalue weighted by Gasteiger charge is -2.25. The number of hydrogen-bond donors (Lipinski definition) is 2. The molecule has 2 N–H and O–H groups in total. The van der Waals surface area contributed by atoms with Gasteiger partial charge in [-0.2, -0.15) is 0 Å². The van der Waals surface area contributed by atoms with Crippen LogP contribution in [-0.2, 0) is 9.47 Å². The molecule has 0 rings (SSSR count). The fourth-order valence-corrected chi connectivity index (χ4v) is 0.629. The van der Waals surface area contributed by atoms with Crippen LogP contribution in [-0.4, -0.2) is 34.7 Å². The van der Waals surface area contributed by atoms with Gasteiger partial charge in [-0.1, -0.05) is 6.92 Å². The molecule has 0 aliphatic rings. The van der Waals surface area contributed by atoms with Gasteiger partial charge in [0.1, 0.15) is 12.2 Å². The minimum absolute atomic E-state index is 0.300. The number of carbonyl (C=O) groups is 2. The van der Waals surface area contributed by atoms with E-state index in [0.717, 1.165) is 0 Å². The number of hydrogen-bond acceptors (Lipinski definition) is 4. The van der Waals surface area contributed by atoms with E-state index in [4.69, 9.17) is 10.2 Å². The molecule has 0 heterocycles. The summed E-state index contributed by atoms with van der Waals surface area (Å²) in [6.45, 7) is 2.84. The second-order valence-electron chi connectivity index (χ2n) is 2.73. The largest absolute Gasteiger partial charge is 0.506 e. The first-order valence-electron chi connectivity index (χ1n) is 3.67. The zero-order valence-electron chi connectivity index (χ0n) is 7.44. The maximum atomic E-state index is 10.2. The van der Waals surface area contributed by atoms with Gasteiger partial charge in [-0.15, -0.1) is 0 Å². The highest BCUT2D eigenvalue weighted by molar-refractivity contribution is 5.58. The molecule has 0 radical (unpaired) electrons. The molecule has 1 unspecified atom stereocenters. The van der Waals surface area contributed by atoms with Crippen molar-refractivity contribution < 1.29 is 29.3 Å². The third kappa shape index (κ3) is 4.89. The highest BCUT2D eigenvalue weighted by Crippen LogP contribution is 2.15. The second kappa shape index (κ2) is 4.54. The van der Waals surface area contributed by atoms with Crippen LogP contribution >= 0.6 is 0 Å². The summed E-state index contributed by atoms with van der Waals surface area (Å²) < 4.78 is 8.69. The van der Waals surface area contributed by atoms with Crippen LogP contribution in [0.15, 0.2) is 0 Å². The van der Waals surface area contributed by atoms with Crippen LogP contribution in [0.3, 0.4) is 0 Å². The van der Waals surface area contributed by atoms with Crippen molar-refractivity contribution in [3.8, 4) is 0 Å². The van der Waals surface area contributed by atoms with Gasteiger partial charge in [-0.3, -0.25) is 0 Å². The number of ether oxygens (including phenoxy) is 2. The minimum atomic E-state index is -1.45. The highest BCUT2D eigenvalue weighted by Gasteiger charge is 2.28. The molecule has 6 nitrogen and oxygen atoms in total. The van der Waals surface area contributed by atoms with Crippen molar-refractivity contribution in [1.29, 1.82) is 0 Å². The Morgan fingerprint density at radius 2 is 1.85 bits per heavy atom. The van der Waals surface area contributed by atoms with Crippen LogP contribution in [0.2, 0.25) is 0 Å². The molecule has 0 aliphatic carbocycles. The van der Waals surface area contributed by atoms with Crippen LogP contribution < -0.4 is 0 Å². The van der Waals surface area contributed by atoms with Crippen LogP contribution in [0.4, 0.5) is 9.59 Å². The zero-order chi connectivity index (χ0) is 10.5. The van der Waals surface area contributed by atoms with Gasteiger partial charge in [-0.25, -0.2) is 9.59 Å². The van der Waals surface area contributed by atoms with E-state index >= 15 is 0 Å². The third-order valence-electron chi connectivity index (χ3n) is 1.58. The molecule has 13 heavy (non-hydrogen) atoms. The van der Waals surface area contributed by atoms with Gasteiger partial charge in [0.25, 0.3) is 0 Å². The summed E-state index contributed by atoms with van der Waals surface area (Å²) >= 11 is 0. The Morgan fingerprint density at radius 1 is 1.31 bits per heavy atom. The van der Waals surface area contributed by atoms with Crippen LogP contribution in [0, 0.1) is 0 Å². The van der Waals surface area contributed by atoms with E-state index in [1.165, 1.54) is 6.92 Å². The molecule has 0 aromatic rings. The summed E-state index contributed by atoms with van der Waals surface area (Å²) in [7, 11) is 0. The van der Waals surface area contributed by atoms with E-state index in [9.17, 15) is 9.59 Å². The molecule has 0 spiro atoms. The molecule has 1 atom stereocenters. The standard InChI is InChI=1S/C7H12O6/c1-3-7(2,13-6(10)11)4-12-5(8)9/h3-4H2,1-2H3,(H,8,9)(H,10,11). The normalized spacial score (nSPS) is 14.3. The Labute approximate surface area is 75.1 Å². The Bertz CT molecular complexity index is 201. The van der Waals surface area contributed by atoms with Crippen molar-refractivity contribution in [1.82, 2.24) is 0 Å². The Kier molecular flexibility index (Phi) is 4.03. The lowest BCUT2D eigenvalue weighted by atomic mass is 10.1. The fourth-order valence-electron chi connectivity index (χ4n) is 0.629. The molecule has 6 heteroatoms. The first-order chi connectivity index (χ1) is 5.89. The third-order valence-corrected chi connectivity index (χ3v) is 1.58. The monoisotopic (exact) mass is 192 g/mol. The van der Waals surface area contributed by atoms with Crippen molar-refractivity contribution in [2.24, 2.45) is 0 Å². The summed E-state index contributed by atoms with van der Waals surface area (Å²) in [5.74, 6) is 0. The minimum Gasteiger partial charge on any atom is -0.450 e. The van der Waals surface area contributed by atoms with Crippen molar-refractivity contribution in [3.63, 3.8) is 0 Å². The first-order valence-corrected chi connectivity index (χ1v) is 3.67. The summed E-state index contributed by atoms with van der Waals surface area (Å²) in [6.07, 6.45) is -2.56. The molecule has 0 saturated heterocycles. The van der Waals surface area contributed by atoms with Gasteiger partial charge >= 0.3 is 12.3 Å². The van der Waals surface area contributed by atoms with Crippen molar-refractivity contribution in [2.75, 3.05) is 6.61 Å². The molecule has 0 amide bonds. The SMILES string of the molecule is CCC(C)(COC(=O)O)OC(=O)O. The molecule has 0 aromatic carbocycles. The summed E-state index contributed by atoms with van der Waals surface area (Å²) in [4.78, 5) is 20.2. The number of rotatable bonds is 4. The maximum absolute atomic E-state index is 10.2. The van der Waals surface area contributed by atoms with Gasteiger partial charge in [0, 0.05) is 0 Å². The Morgan fingerprint density at radius 3 is 2.15 bits per heavy atom. The van der Waals surface area contributed by atoms with E-state index in [1.807, 2.05) is 0 Å². The van der Waals surface area contributed by atoms with E-state index in [1.54, 1.807) is 6.92 Å². The highest BCUT2D eigenvalue weighted by atomic mass is 16.7. The van der Waals surface area contributed by atoms with Gasteiger partial charge in [0.05, 0.1) is 0 Å². The van der Waals surface area contributed by atoms with E-state index in [-0.39, 0.29) is 6.61 Å². The van der Waals surface area contributed by atoms with Crippen molar-refractivity contribution >= 4 is 12.3 Å². The average Bonchev–Trinajstić information content (AvgIpc) is 2.00. The lowest BCUT2D eigenvalue weighted by Crippen LogP contribution is -2.36. The molecular formula is C7H12O6. The molecule has 0 aliphatic heterocycles. The topological polar surface area (TPSA) is 93.1 Å². The lowest BCUT2D eigenvalue weighted by molar-refractivity contribution is -0.0536. The Hall–Kier alpha value is -1.46. The van der Waals surface area contributed by atoms with Crippen LogP contribution in [0.25, 0.3) is 0 Å². The van der Waals surface area contributed by atoms with Crippen molar-refractivity contribution in [3.05, 3.63) is 0 Å². The molecule has 0 saturated carbocycles. The Balaban J connectivity index is 4.10. The molecule has 0 fully saturated rings. The van der Waals surface area contributed by atoms with Crippen LogP contribution in [0.1, 0.15) is 20.3 Å². The van der Waals surface area contributed by atoms with Gasteiger partial charge in [0.2, 0.25) is 0 Å². The summed E-state index contributed by atoms with van der Waals surface area (Å²) in [6, 6.07) is 0. The maximum Gasteiger partial charge on any atom is 0.506 e. The van der Waals surface area contributed by atoms with Gasteiger partial charge < -0.3 is 19.7 Å². The van der Waals surface area contributed by atoms with Gasteiger partial charge in [0.15, 0.2) is 0 Å². The van der Waals surface area contributed by atoms with Gasteiger partial charge in [-0.05, 0) is 13.3 Å². The van der Waals surface area contributed by atoms with E-state index in [2.05, 4.69) is 9.47 Å². The van der Waals surface area contributed by atoms with Crippen molar-refractivity contribution in [2.45, 2.75) is 25.9 Å². The molecular weight excluding hydrogens is 180 g/mol. The molecule has 76 valence electrons. The number of carboxylic acid groups (broad SMARTS) is 2. The van der Waals surface area contributed by atoms with Crippen LogP contribution in [0.5, 0.6) is 0 Å². The second-order valence-corrected chi connectivity index (χ2v) is 2.73. The molecule has 0 bridgehead atoms. The van der Waals surface area contributed by atoms with E-state index < -0.39 is 17.9 Å². The predicted molar refractivity (Wildman–Crippen MR) is 41.8 cm³/mol. The smallest absolute Gasteiger partial charge is 0.450 e. The predicted octanol–water partition coefficient (Wildman–Crippen LogP) is 1.54. The summed E-state index contributed by atoms with van der Waals surface area (Å²) in [5.41, 5.74) is -1.11.